The Hall–Kier alpha value is -2.40. The highest BCUT2D eigenvalue weighted by Crippen LogP contribution is 2.18. The minimum Gasteiger partial charge on any atom is -0.356 e. The number of hydrogen-bond acceptors (Lipinski definition) is 2. The van der Waals surface area contributed by atoms with E-state index in [1.807, 2.05) is 29.2 Å². The fourth-order valence-electron chi connectivity index (χ4n) is 3.46. The summed E-state index contributed by atoms with van der Waals surface area (Å²) in [5, 5.41) is 7.11. The van der Waals surface area contributed by atoms with Crippen molar-refractivity contribution in [2.75, 3.05) is 18.4 Å². The second-order valence-corrected chi connectivity index (χ2v) is 8.00. The van der Waals surface area contributed by atoms with Gasteiger partial charge in [-0.2, -0.15) is 0 Å². The lowest BCUT2D eigenvalue weighted by molar-refractivity contribution is 0.0724. The largest absolute Gasteiger partial charge is 0.356 e. The highest BCUT2D eigenvalue weighted by Gasteiger charge is 2.18. The summed E-state index contributed by atoms with van der Waals surface area (Å²) in [6, 6.07) is 14.1. The molecule has 0 spiro atoms. The molecule has 2 aromatic rings. The number of thiocarbonyl (C=S) groups is 1. The maximum absolute atomic E-state index is 12.6. The molecule has 28 heavy (non-hydrogen) atoms. The van der Waals surface area contributed by atoms with E-state index < -0.39 is 0 Å². The lowest BCUT2D eigenvalue weighted by Gasteiger charge is -2.26. The van der Waals surface area contributed by atoms with Gasteiger partial charge < -0.3 is 15.5 Å². The number of aryl methyl sites for hydroxylation is 2. The Kier molecular flexibility index (Phi) is 6.68. The number of carbonyl (C=O) groups excluding carboxylic acids is 1. The molecule has 1 aliphatic heterocycles. The molecule has 0 aliphatic carbocycles. The van der Waals surface area contributed by atoms with Crippen LogP contribution in [0.15, 0.2) is 42.5 Å². The van der Waals surface area contributed by atoms with Gasteiger partial charge in [-0.15, -0.1) is 0 Å². The molecule has 1 fully saturated rings. The van der Waals surface area contributed by atoms with Gasteiger partial charge in [0.1, 0.15) is 0 Å². The van der Waals surface area contributed by atoms with Crippen molar-refractivity contribution in [3.8, 4) is 0 Å². The van der Waals surface area contributed by atoms with Crippen LogP contribution in [-0.2, 0) is 0 Å². The SMILES string of the molecule is Cc1ccc(C(C)NC(=S)Nc2ccc(C(=O)N3CCCCC3)cc2)cc1C. The second kappa shape index (κ2) is 9.20. The molecule has 2 N–H and O–H groups in total. The Bertz CT molecular complexity index is 841. The Morgan fingerprint density at radius 2 is 1.68 bits per heavy atom. The molecular formula is C23H29N3OS. The normalized spacial score (nSPS) is 15.0. The number of nitrogens with one attached hydrogen (secondary N) is 2. The maximum atomic E-state index is 12.6. The van der Waals surface area contributed by atoms with Gasteiger partial charge in [-0.3, -0.25) is 4.79 Å². The van der Waals surface area contributed by atoms with E-state index in [9.17, 15) is 4.79 Å². The van der Waals surface area contributed by atoms with Crippen molar-refractivity contribution in [2.24, 2.45) is 0 Å². The van der Waals surface area contributed by atoms with E-state index in [-0.39, 0.29) is 11.9 Å². The number of rotatable bonds is 4. The number of amides is 1. The molecule has 0 saturated carbocycles. The van der Waals surface area contributed by atoms with E-state index in [0.717, 1.165) is 37.2 Å². The van der Waals surface area contributed by atoms with E-state index >= 15 is 0 Å². The third-order valence-electron chi connectivity index (χ3n) is 5.41. The minimum absolute atomic E-state index is 0.110. The Balaban J connectivity index is 1.56. The van der Waals surface area contributed by atoms with Crippen LogP contribution < -0.4 is 10.6 Å². The van der Waals surface area contributed by atoms with Gasteiger partial charge in [0.2, 0.25) is 0 Å². The minimum atomic E-state index is 0.110. The van der Waals surface area contributed by atoms with E-state index in [1.165, 1.54) is 23.1 Å². The fourth-order valence-corrected chi connectivity index (χ4v) is 3.75. The molecule has 1 atom stereocenters. The molecule has 4 nitrogen and oxygen atoms in total. The lowest BCUT2D eigenvalue weighted by Crippen LogP contribution is -2.35. The molecule has 2 aromatic carbocycles. The molecule has 1 aliphatic rings. The zero-order valence-electron chi connectivity index (χ0n) is 16.9. The first kappa shape index (κ1) is 20.3. The van der Waals surface area contributed by atoms with Gasteiger partial charge in [0.25, 0.3) is 5.91 Å². The Morgan fingerprint density at radius 3 is 2.32 bits per heavy atom. The first-order chi connectivity index (χ1) is 13.4. The molecule has 0 radical (unpaired) electrons. The third kappa shape index (κ3) is 5.10. The molecule has 148 valence electrons. The quantitative estimate of drug-likeness (QED) is 0.717. The van der Waals surface area contributed by atoms with Crippen molar-refractivity contribution in [2.45, 2.75) is 46.1 Å². The average molecular weight is 396 g/mol. The van der Waals surface area contributed by atoms with Crippen LogP contribution in [0.5, 0.6) is 0 Å². The molecular weight excluding hydrogens is 366 g/mol. The van der Waals surface area contributed by atoms with Crippen LogP contribution in [0.4, 0.5) is 5.69 Å². The highest BCUT2D eigenvalue weighted by atomic mass is 32.1. The molecule has 0 aromatic heterocycles. The molecule has 1 heterocycles. The van der Waals surface area contributed by atoms with E-state index in [4.69, 9.17) is 12.2 Å². The number of nitrogens with zero attached hydrogens (tertiary/aromatic N) is 1. The summed E-state index contributed by atoms with van der Waals surface area (Å²) in [6.45, 7) is 8.06. The van der Waals surface area contributed by atoms with Gasteiger partial charge in [0.05, 0.1) is 6.04 Å². The lowest BCUT2D eigenvalue weighted by atomic mass is 10.0. The first-order valence-corrected chi connectivity index (χ1v) is 10.4. The standard InChI is InChI=1S/C23H29N3OS/c1-16-7-8-20(15-17(16)2)18(3)24-23(28)25-21-11-9-19(10-12-21)22(27)26-13-5-4-6-14-26/h7-12,15,18H,4-6,13-14H2,1-3H3,(H2,24,25,28). The van der Waals surface area contributed by atoms with Gasteiger partial charge in [-0.05, 0) is 93.2 Å². The third-order valence-corrected chi connectivity index (χ3v) is 5.63. The summed E-state index contributed by atoms with van der Waals surface area (Å²) < 4.78 is 0. The average Bonchev–Trinajstić information content (AvgIpc) is 2.70. The van der Waals surface area contributed by atoms with Crippen molar-refractivity contribution in [1.29, 1.82) is 0 Å². The first-order valence-electron chi connectivity index (χ1n) is 9.98. The summed E-state index contributed by atoms with van der Waals surface area (Å²) in [7, 11) is 0. The predicted molar refractivity (Wildman–Crippen MR) is 120 cm³/mol. The van der Waals surface area contributed by atoms with Gasteiger partial charge >= 0.3 is 0 Å². The van der Waals surface area contributed by atoms with Crippen molar-refractivity contribution in [1.82, 2.24) is 10.2 Å². The molecule has 5 heteroatoms. The zero-order valence-corrected chi connectivity index (χ0v) is 17.7. The fraction of sp³-hybridized carbons (Fsp3) is 0.391. The van der Waals surface area contributed by atoms with Crippen LogP contribution in [0.3, 0.4) is 0 Å². The van der Waals surface area contributed by atoms with Crippen LogP contribution >= 0.6 is 12.2 Å². The van der Waals surface area contributed by atoms with Crippen LogP contribution in [0.2, 0.25) is 0 Å². The second-order valence-electron chi connectivity index (χ2n) is 7.59. The number of benzene rings is 2. The Labute approximate surface area is 173 Å². The predicted octanol–water partition coefficient (Wildman–Crippen LogP) is 4.98. The molecule has 3 rings (SSSR count). The summed E-state index contributed by atoms with van der Waals surface area (Å²) >= 11 is 5.46. The topological polar surface area (TPSA) is 44.4 Å². The van der Waals surface area contributed by atoms with Crippen molar-refractivity contribution in [3.63, 3.8) is 0 Å². The number of carbonyl (C=O) groups is 1. The number of likely N-dealkylation sites (tertiary alicyclic amines) is 1. The van der Waals surface area contributed by atoms with Gasteiger partial charge in [-0.1, -0.05) is 18.2 Å². The molecule has 0 bridgehead atoms. The molecule has 1 saturated heterocycles. The maximum Gasteiger partial charge on any atom is 0.253 e. The van der Waals surface area contributed by atoms with E-state index in [1.54, 1.807) is 0 Å². The van der Waals surface area contributed by atoms with Crippen molar-refractivity contribution < 1.29 is 4.79 Å². The Morgan fingerprint density at radius 1 is 1.00 bits per heavy atom. The van der Waals surface area contributed by atoms with E-state index in [2.05, 4.69) is 49.6 Å². The van der Waals surface area contributed by atoms with Crippen LogP contribution in [-0.4, -0.2) is 29.0 Å². The van der Waals surface area contributed by atoms with Gasteiger partial charge in [0.15, 0.2) is 5.11 Å². The summed E-state index contributed by atoms with van der Waals surface area (Å²) in [5.41, 5.74) is 5.37. The smallest absolute Gasteiger partial charge is 0.253 e. The van der Waals surface area contributed by atoms with Gasteiger partial charge in [0, 0.05) is 24.3 Å². The molecule has 1 unspecified atom stereocenters. The van der Waals surface area contributed by atoms with Gasteiger partial charge in [-0.25, -0.2) is 0 Å². The number of hydrogen-bond donors (Lipinski definition) is 2. The zero-order chi connectivity index (χ0) is 20.1. The number of piperidine rings is 1. The van der Waals surface area contributed by atoms with Crippen LogP contribution in [0.25, 0.3) is 0 Å². The number of anilines is 1. The van der Waals surface area contributed by atoms with E-state index in [0.29, 0.717) is 5.11 Å². The van der Waals surface area contributed by atoms with Crippen LogP contribution in [0.1, 0.15) is 59.3 Å². The summed E-state index contributed by atoms with van der Waals surface area (Å²) in [4.78, 5) is 14.5. The van der Waals surface area contributed by atoms with Crippen LogP contribution in [0, 0.1) is 13.8 Å². The summed E-state index contributed by atoms with van der Waals surface area (Å²) in [6.07, 6.45) is 3.42. The monoisotopic (exact) mass is 395 g/mol. The highest BCUT2D eigenvalue weighted by molar-refractivity contribution is 7.80. The summed E-state index contributed by atoms with van der Waals surface area (Å²) in [5.74, 6) is 0.121. The van der Waals surface area contributed by atoms with Crippen molar-refractivity contribution in [3.05, 3.63) is 64.7 Å². The molecule has 1 amide bonds. The van der Waals surface area contributed by atoms with Crippen molar-refractivity contribution >= 4 is 28.9 Å².